The molecule has 0 fully saturated rings. The van der Waals surface area contributed by atoms with Crippen LogP contribution in [-0.4, -0.2) is 65.5 Å². The number of carbonyl (C=O) groups excluding carboxylic acids is 4. The van der Waals surface area contributed by atoms with Crippen molar-refractivity contribution in [3.05, 3.63) is 125 Å². The van der Waals surface area contributed by atoms with E-state index in [2.05, 4.69) is 37.3 Å². The maximum Gasteiger partial charge on any atom is 0.274 e. The zero-order chi connectivity index (χ0) is 48.1. The highest BCUT2D eigenvalue weighted by Crippen LogP contribution is 2.30. The van der Waals surface area contributed by atoms with E-state index in [4.69, 9.17) is 109 Å². The molecule has 6 aromatic rings. The number of rotatable bonds is 13. The molecule has 0 aliphatic carbocycles. The number of nitrogens with zero attached hydrogens (tertiary/aromatic N) is 6. The summed E-state index contributed by atoms with van der Waals surface area (Å²) in [5, 5.41) is 12.3. The topological polar surface area (TPSA) is 186 Å². The van der Waals surface area contributed by atoms with Crippen molar-refractivity contribution < 1.29 is 28.7 Å². The van der Waals surface area contributed by atoms with E-state index in [1.807, 2.05) is 6.92 Å². The Morgan fingerprint density at radius 3 is 1.57 bits per heavy atom. The van der Waals surface area contributed by atoms with Crippen molar-refractivity contribution in [3.63, 3.8) is 0 Å². The molecule has 6 rings (SSSR count). The second-order valence-corrected chi connectivity index (χ2v) is 16.0. The van der Waals surface area contributed by atoms with Crippen LogP contribution in [0.15, 0.2) is 60.9 Å². The third-order valence-electron chi connectivity index (χ3n) is 8.53. The van der Waals surface area contributed by atoms with Crippen molar-refractivity contribution in [1.82, 2.24) is 29.5 Å². The van der Waals surface area contributed by atoms with Crippen LogP contribution in [0.1, 0.15) is 79.5 Å². The van der Waals surface area contributed by atoms with E-state index in [1.54, 1.807) is 39.0 Å². The lowest BCUT2D eigenvalue weighted by Gasteiger charge is -2.14. The number of hydrogen-bond donors (Lipinski definition) is 2. The Morgan fingerprint density at radius 1 is 0.662 bits per heavy atom. The Labute approximate surface area is 408 Å². The monoisotopic (exact) mass is 1020 g/mol. The molecule has 0 aliphatic heterocycles. The van der Waals surface area contributed by atoms with E-state index in [0.717, 1.165) is 5.56 Å². The first kappa shape index (κ1) is 51.8. The molecule has 0 aliphatic rings. The van der Waals surface area contributed by atoms with Gasteiger partial charge < -0.3 is 20.5 Å². The maximum absolute atomic E-state index is 13.3. The molecule has 21 heteroatoms. The van der Waals surface area contributed by atoms with Gasteiger partial charge in [0.2, 0.25) is 11.8 Å². The molecule has 0 spiro atoms. The molecular formula is C44H35Cl7N8O6. The van der Waals surface area contributed by atoms with Crippen LogP contribution in [0, 0.1) is 38.5 Å². The molecule has 0 saturated carbocycles. The van der Waals surface area contributed by atoms with Crippen LogP contribution >= 0.6 is 81.2 Å². The van der Waals surface area contributed by atoms with Crippen LogP contribution in [0.3, 0.4) is 0 Å². The summed E-state index contributed by atoms with van der Waals surface area (Å²) in [6.45, 7) is 7.07. The molecule has 4 heterocycles. The lowest BCUT2D eigenvalue weighted by Crippen LogP contribution is -2.20. The van der Waals surface area contributed by atoms with Crippen molar-refractivity contribution in [2.24, 2.45) is 0 Å². The van der Waals surface area contributed by atoms with E-state index < -0.39 is 11.1 Å². The number of nitrogens with two attached hydrogens (primary N) is 1. The molecule has 0 unspecified atom stereocenters. The van der Waals surface area contributed by atoms with Crippen LogP contribution in [0.2, 0.25) is 30.1 Å². The van der Waals surface area contributed by atoms with Crippen LogP contribution in [-0.2, 0) is 0 Å². The van der Waals surface area contributed by atoms with Gasteiger partial charge in [-0.05, 0) is 73.0 Å². The predicted molar refractivity (Wildman–Crippen MR) is 256 cm³/mol. The Hall–Kier alpha value is -5.81. The number of benzene rings is 2. The Bertz CT molecular complexity index is 2870. The standard InChI is InChI=1S/C22H17Cl3N4O3.C12H6Cl3N3O2.C10H12ClNO/c1-4-6-32-19-10-17(29(28-19)21-16(25)9-14(24)11-26-21)22(31)27-20-12(3)7-13(23)8-15(20)18(30)5-2;1-2-3-20-10-5-9(11(15)19)18(17-10)12-8(14)4-7(13)6-16-12;1-3-9(13)8-5-7(11)4-6(2)10(8)12/h1,7-11H,5-6H2,2-3H3,(H,27,31);1,4-6H,3H2;4-5H,3,12H2,1-2H3. The minimum absolute atomic E-state index is 0.00864. The van der Waals surface area contributed by atoms with E-state index in [1.165, 1.54) is 52.1 Å². The number of hydrogen-bond acceptors (Lipinski definition) is 11. The van der Waals surface area contributed by atoms with E-state index in [0.29, 0.717) is 54.6 Å². The Balaban J connectivity index is 0.000000238. The van der Waals surface area contributed by atoms with Gasteiger partial charge in [-0.15, -0.1) is 23.0 Å². The van der Waals surface area contributed by atoms with Crippen molar-refractivity contribution in [3.8, 4) is 48.1 Å². The third kappa shape index (κ3) is 13.6. The molecule has 14 nitrogen and oxygen atoms in total. The average molecular weight is 1020 g/mol. The summed E-state index contributed by atoms with van der Waals surface area (Å²) in [5.41, 5.74) is 9.06. The minimum atomic E-state index is -0.735. The molecule has 0 radical (unpaired) electrons. The quantitative estimate of drug-likeness (QED) is 0.0485. The number of terminal acetylenes is 2. The number of amides is 1. The van der Waals surface area contributed by atoms with Crippen LogP contribution in [0.25, 0.3) is 11.6 Å². The summed E-state index contributed by atoms with van der Waals surface area (Å²) in [6, 6.07) is 12.2. The first-order chi connectivity index (χ1) is 30.8. The molecule has 1 amide bonds. The number of aryl methyl sites for hydroxylation is 2. The van der Waals surface area contributed by atoms with Gasteiger partial charge in [0, 0.05) is 64.2 Å². The number of carbonyl (C=O) groups is 4. The Kier molecular flexibility index (Phi) is 19.1. The van der Waals surface area contributed by atoms with E-state index in [-0.39, 0.29) is 76.0 Å². The summed E-state index contributed by atoms with van der Waals surface area (Å²) in [4.78, 5) is 56.7. The van der Waals surface area contributed by atoms with E-state index in [9.17, 15) is 19.2 Å². The maximum atomic E-state index is 13.3. The normalized spacial score (nSPS) is 10.3. The second kappa shape index (κ2) is 23.9. The summed E-state index contributed by atoms with van der Waals surface area (Å²) in [5.74, 6) is 4.51. The number of nitrogens with one attached hydrogen (secondary N) is 1. The van der Waals surface area contributed by atoms with Crippen molar-refractivity contribution in [2.45, 2.75) is 40.5 Å². The van der Waals surface area contributed by atoms with Gasteiger partial charge in [0.15, 0.2) is 36.4 Å². The summed E-state index contributed by atoms with van der Waals surface area (Å²) in [7, 11) is 0. The third-order valence-corrected chi connectivity index (χ3v) is 10.1. The zero-order valence-corrected chi connectivity index (χ0v) is 39.9. The van der Waals surface area contributed by atoms with Gasteiger partial charge in [0.25, 0.3) is 11.1 Å². The molecule has 0 bridgehead atoms. The summed E-state index contributed by atoms with van der Waals surface area (Å²) in [6.07, 6.45) is 13.8. The fourth-order valence-electron chi connectivity index (χ4n) is 5.51. The molecule has 0 saturated heterocycles. The predicted octanol–water partition coefficient (Wildman–Crippen LogP) is 11.2. The van der Waals surface area contributed by atoms with Gasteiger partial charge in [-0.2, -0.15) is 0 Å². The molecule has 3 N–H and O–H groups in total. The smallest absolute Gasteiger partial charge is 0.274 e. The van der Waals surface area contributed by atoms with Gasteiger partial charge in [-0.25, -0.2) is 19.3 Å². The molecule has 65 heavy (non-hydrogen) atoms. The number of nitrogen functional groups attached to an aromatic ring is 1. The molecule has 336 valence electrons. The van der Waals surface area contributed by atoms with Crippen molar-refractivity contribution in [1.29, 1.82) is 0 Å². The second-order valence-electron chi connectivity index (χ2n) is 13.1. The SMILES string of the molecule is C#CCOc1cc(C(=O)Cl)n(-c2ncc(Cl)cc2Cl)n1.C#CCOc1cc(C(=O)Nc2c(C)cc(Cl)cc2C(=O)CC)n(-c2ncc(Cl)cc2Cl)n1.CCC(=O)c1cc(Cl)cc(C)c1N. The van der Waals surface area contributed by atoms with Crippen molar-refractivity contribution in [2.75, 3.05) is 24.3 Å². The summed E-state index contributed by atoms with van der Waals surface area (Å²) >= 11 is 41.4. The van der Waals surface area contributed by atoms with E-state index >= 15 is 0 Å². The number of halogens is 7. The lowest BCUT2D eigenvalue weighted by molar-refractivity contribution is 0.0980. The number of aromatic nitrogens is 6. The molecule has 4 aromatic heterocycles. The highest BCUT2D eigenvalue weighted by molar-refractivity contribution is 6.67. The highest BCUT2D eigenvalue weighted by Gasteiger charge is 2.24. The summed E-state index contributed by atoms with van der Waals surface area (Å²) < 4.78 is 12.9. The fourth-order valence-corrected chi connectivity index (χ4v) is 7.12. The molecule has 2 aromatic carbocycles. The van der Waals surface area contributed by atoms with Gasteiger partial charge >= 0.3 is 0 Å². The highest BCUT2D eigenvalue weighted by atomic mass is 35.5. The molecular weight excluding hydrogens is 985 g/mol. The zero-order valence-electron chi connectivity index (χ0n) is 34.6. The minimum Gasteiger partial charge on any atom is -0.463 e. The fraction of sp³-hybridized carbons (Fsp3) is 0.182. The largest absolute Gasteiger partial charge is 0.463 e. The van der Waals surface area contributed by atoms with Gasteiger partial charge in [0.1, 0.15) is 11.4 Å². The van der Waals surface area contributed by atoms with Gasteiger partial charge in [-0.3, -0.25) is 19.2 Å². The molecule has 0 atom stereocenters. The van der Waals surface area contributed by atoms with Crippen LogP contribution < -0.4 is 20.5 Å². The number of ketones is 2. The average Bonchev–Trinajstić information content (AvgIpc) is 3.89. The Morgan fingerprint density at radius 2 is 1.11 bits per heavy atom. The number of pyridine rings is 2. The first-order valence-electron chi connectivity index (χ1n) is 18.7. The van der Waals surface area contributed by atoms with Crippen molar-refractivity contribution >= 4 is 115 Å². The van der Waals surface area contributed by atoms with Gasteiger partial charge in [0.05, 0.1) is 25.8 Å². The lowest BCUT2D eigenvalue weighted by atomic mass is 10.0. The van der Waals surface area contributed by atoms with Gasteiger partial charge in [-0.1, -0.05) is 95.3 Å². The number of anilines is 2. The number of Topliss-reactive ketones (excluding diaryl/α,β-unsaturated/α-hetero) is 2. The first-order valence-corrected chi connectivity index (χ1v) is 21.4. The number of ether oxygens (including phenoxy) is 2. The van der Waals surface area contributed by atoms with Crippen LogP contribution in [0.4, 0.5) is 11.4 Å². The van der Waals surface area contributed by atoms with Crippen LogP contribution in [0.5, 0.6) is 11.8 Å².